The molecule has 2 aromatic heterocycles. The maximum Gasteiger partial charge on any atom is 0.224 e. The second kappa shape index (κ2) is 5.43. The number of aromatic amines is 1. The van der Waals surface area contributed by atoms with E-state index in [9.17, 15) is 4.79 Å². The summed E-state index contributed by atoms with van der Waals surface area (Å²) in [7, 11) is 0. The topological polar surface area (TPSA) is 58.0 Å². The van der Waals surface area contributed by atoms with Gasteiger partial charge in [0, 0.05) is 22.1 Å². The Hall–Kier alpha value is -2.20. The van der Waals surface area contributed by atoms with Gasteiger partial charge >= 0.3 is 0 Å². The van der Waals surface area contributed by atoms with Crippen LogP contribution in [0.25, 0.3) is 10.9 Å². The van der Waals surface area contributed by atoms with Crippen molar-refractivity contribution in [2.45, 2.75) is 13.0 Å². The van der Waals surface area contributed by atoms with Crippen LogP contribution >= 0.6 is 11.6 Å². The summed E-state index contributed by atoms with van der Waals surface area (Å²) in [6, 6.07) is 9.21. The first kappa shape index (κ1) is 12.8. The minimum atomic E-state index is -0.0442. The quantitative estimate of drug-likeness (QED) is 0.774. The van der Waals surface area contributed by atoms with Gasteiger partial charge in [0.25, 0.3) is 0 Å². The lowest BCUT2D eigenvalue weighted by Crippen LogP contribution is -2.24. The van der Waals surface area contributed by atoms with Gasteiger partial charge in [0.1, 0.15) is 5.76 Å². The van der Waals surface area contributed by atoms with Gasteiger partial charge in [-0.05, 0) is 29.8 Å². The molecule has 0 aliphatic heterocycles. The number of aromatic nitrogens is 1. The van der Waals surface area contributed by atoms with Gasteiger partial charge in [-0.1, -0.05) is 17.7 Å². The van der Waals surface area contributed by atoms with E-state index in [2.05, 4.69) is 10.3 Å². The molecule has 0 saturated carbocycles. The number of amides is 1. The van der Waals surface area contributed by atoms with E-state index in [0.717, 1.165) is 22.2 Å². The third-order valence-electron chi connectivity index (χ3n) is 3.12. The van der Waals surface area contributed by atoms with Crippen LogP contribution in [0.2, 0.25) is 5.02 Å². The van der Waals surface area contributed by atoms with Crippen LogP contribution in [0.1, 0.15) is 11.3 Å². The van der Waals surface area contributed by atoms with Gasteiger partial charge in [0.2, 0.25) is 5.91 Å². The Morgan fingerprint density at radius 3 is 3.05 bits per heavy atom. The zero-order valence-electron chi connectivity index (χ0n) is 10.7. The number of benzene rings is 1. The zero-order valence-corrected chi connectivity index (χ0v) is 11.4. The predicted octanol–water partition coefficient (Wildman–Crippen LogP) is 3.27. The lowest BCUT2D eigenvalue weighted by Gasteiger charge is -2.02. The van der Waals surface area contributed by atoms with Crippen molar-refractivity contribution in [3.05, 3.63) is 59.1 Å². The molecule has 2 N–H and O–H groups in total. The molecule has 0 aliphatic carbocycles. The van der Waals surface area contributed by atoms with Crippen LogP contribution in [-0.2, 0) is 17.8 Å². The summed E-state index contributed by atoms with van der Waals surface area (Å²) in [5.74, 6) is 0.696. The standard InChI is InChI=1S/C15H13ClN2O2/c16-11-3-4-13-10(8-17-14(13)7-11)6-15(19)18-9-12-2-1-5-20-12/h1-5,7-8,17H,6,9H2,(H,18,19). The van der Waals surface area contributed by atoms with Crippen LogP contribution in [0.3, 0.4) is 0 Å². The second-order valence-electron chi connectivity index (χ2n) is 4.54. The van der Waals surface area contributed by atoms with Gasteiger partial charge in [0.05, 0.1) is 19.2 Å². The number of rotatable bonds is 4. The molecule has 4 nitrogen and oxygen atoms in total. The summed E-state index contributed by atoms with van der Waals surface area (Å²) < 4.78 is 5.17. The number of H-pyrrole nitrogens is 1. The highest BCUT2D eigenvalue weighted by Gasteiger charge is 2.09. The van der Waals surface area contributed by atoms with E-state index < -0.39 is 0 Å². The average Bonchev–Trinajstić information content (AvgIpc) is 3.06. The lowest BCUT2D eigenvalue weighted by atomic mass is 10.1. The summed E-state index contributed by atoms with van der Waals surface area (Å²) in [5, 5.41) is 4.52. The molecule has 3 rings (SSSR count). The third-order valence-corrected chi connectivity index (χ3v) is 3.36. The number of halogens is 1. The number of carbonyl (C=O) groups excluding carboxylic acids is 1. The molecule has 102 valence electrons. The van der Waals surface area contributed by atoms with Crippen LogP contribution in [0.4, 0.5) is 0 Å². The largest absolute Gasteiger partial charge is 0.467 e. The fourth-order valence-electron chi connectivity index (χ4n) is 2.14. The fourth-order valence-corrected chi connectivity index (χ4v) is 2.31. The van der Waals surface area contributed by atoms with Gasteiger partial charge in [-0.25, -0.2) is 0 Å². The minimum absolute atomic E-state index is 0.0442. The van der Waals surface area contributed by atoms with E-state index in [-0.39, 0.29) is 5.91 Å². The molecule has 0 fully saturated rings. The van der Waals surface area contributed by atoms with E-state index in [4.69, 9.17) is 16.0 Å². The molecule has 0 atom stereocenters. The number of hydrogen-bond acceptors (Lipinski definition) is 2. The van der Waals surface area contributed by atoms with Crippen molar-refractivity contribution in [3.8, 4) is 0 Å². The van der Waals surface area contributed by atoms with E-state index in [1.165, 1.54) is 0 Å². The van der Waals surface area contributed by atoms with E-state index >= 15 is 0 Å². The maximum atomic E-state index is 11.9. The number of furan rings is 1. The van der Waals surface area contributed by atoms with Gasteiger partial charge in [0.15, 0.2) is 0 Å². The summed E-state index contributed by atoms with van der Waals surface area (Å²) in [4.78, 5) is 15.0. The number of nitrogens with one attached hydrogen (secondary N) is 2. The molecule has 0 aliphatic rings. The molecule has 0 spiro atoms. The summed E-state index contributed by atoms with van der Waals surface area (Å²) in [6.45, 7) is 0.403. The number of fused-ring (bicyclic) bond motifs is 1. The molecule has 3 aromatic rings. The first-order valence-electron chi connectivity index (χ1n) is 6.27. The molecule has 0 saturated heterocycles. The Balaban J connectivity index is 1.68. The van der Waals surface area contributed by atoms with Crippen molar-refractivity contribution in [2.24, 2.45) is 0 Å². The van der Waals surface area contributed by atoms with E-state index in [0.29, 0.717) is 18.0 Å². The molecule has 20 heavy (non-hydrogen) atoms. The van der Waals surface area contributed by atoms with Crippen molar-refractivity contribution < 1.29 is 9.21 Å². The molecule has 1 aromatic carbocycles. The van der Waals surface area contributed by atoms with Crippen molar-refractivity contribution in [1.82, 2.24) is 10.3 Å². The molecule has 0 bridgehead atoms. The second-order valence-corrected chi connectivity index (χ2v) is 4.97. The van der Waals surface area contributed by atoms with Crippen molar-refractivity contribution in [1.29, 1.82) is 0 Å². The highest BCUT2D eigenvalue weighted by atomic mass is 35.5. The Labute approximate surface area is 120 Å². The predicted molar refractivity (Wildman–Crippen MR) is 77.6 cm³/mol. The smallest absolute Gasteiger partial charge is 0.224 e. The summed E-state index contributed by atoms with van der Waals surface area (Å²) in [5.41, 5.74) is 1.89. The average molecular weight is 289 g/mol. The monoisotopic (exact) mass is 288 g/mol. The zero-order chi connectivity index (χ0) is 13.9. The number of hydrogen-bond donors (Lipinski definition) is 2. The highest BCUT2D eigenvalue weighted by Crippen LogP contribution is 2.22. The van der Waals surface area contributed by atoms with Crippen LogP contribution in [0.5, 0.6) is 0 Å². The third kappa shape index (κ3) is 2.70. The molecular weight excluding hydrogens is 276 g/mol. The van der Waals surface area contributed by atoms with E-state index in [1.54, 1.807) is 12.3 Å². The normalized spacial score (nSPS) is 10.8. The summed E-state index contributed by atoms with van der Waals surface area (Å²) >= 11 is 5.93. The maximum absolute atomic E-state index is 11.9. The molecular formula is C15H13ClN2O2. The Morgan fingerprint density at radius 1 is 1.35 bits per heavy atom. The SMILES string of the molecule is O=C(Cc1c[nH]c2cc(Cl)ccc12)NCc1ccco1. The van der Waals surface area contributed by atoms with Gasteiger partial charge in [-0.15, -0.1) is 0 Å². The molecule has 2 heterocycles. The molecule has 0 unspecified atom stereocenters. The Morgan fingerprint density at radius 2 is 2.25 bits per heavy atom. The van der Waals surface area contributed by atoms with Crippen molar-refractivity contribution in [3.63, 3.8) is 0 Å². The van der Waals surface area contributed by atoms with Crippen LogP contribution < -0.4 is 5.32 Å². The first-order chi connectivity index (χ1) is 9.72. The minimum Gasteiger partial charge on any atom is -0.467 e. The number of carbonyl (C=O) groups is 1. The first-order valence-corrected chi connectivity index (χ1v) is 6.65. The van der Waals surface area contributed by atoms with Gasteiger partial charge in [-0.3, -0.25) is 4.79 Å². The molecule has 0 radical (unpaired) electrons. The Bertz CT molecular complexity index is 732. The Kier molecular flexibility index (Phi) is 3.48. The van der Waals surface area contributed by atoms with Gasteiger partial charge in [-0.2, -0.15) is 0 Å². The highest BCUT2D eigenvalue weighted by molar-refractivity contribution is 6.31. The van der Waals surface area contributed by atoms with Crippen LogP contribution in [0.15, 0.2) is 47.2 Å². The molecule has 5 heteroatoms. The fraction of sp³-hybridized carbons (Fsp3) is 0.133. The summed E-state index contributed by atoms with van der Waals surface area (Å²) in [6.07, 6.45) is 3.75. The molecule has 1 amide bonds. The van der Waals surface area contributed by atoms with Crippen LogP contribution in [-0.4, -0.2) is 10.9 Å². The van der Waals surface area contributed by atoms with Gasteiger partial charge < -0.3 is 14.7 Å². The van der Waals surface area contributed by atoms with Crippen molar-refractivity contribution >= 4 is 28.4 Å². The van der Waals surface area contributed by atoms with Crippen LogP contribution in [0, 0.1) is 0 Å². The van der Waals surface area contributed by atoms with Crippen molar-refractivity contribution in [2.75, 3.05) is 0 Å². The lowest BCUT2D eigenvalue weighted by molar-refractivity contribution is -0.120. The van der Waals surface area contributed by atoms with E-state index in [1.807, 2.05) is 30.5 Å².